The third-order valence-corrected chi connectivity index (χ3v) is 5.46. The third kappa shape index (κ3) is 5.88. The van der Waals surface area contributed by atoms with Gasteiger partial charge in [0.25, 0.3) is 5.91 Å². The molecule has 3 rings (SSSR count). The number of amides is 2. The topological polar surface area (TPSA) is 110 Å². The zero-order chi connectivity index (χ0) is 21.3. The van der Waals surface area contributed by atoms with E-state index in [-0.39, 0.29) is 24.2 Å². The molecule has 0 aliphatic rings. The minimum absolute atomic E-state index is 0.0761. The standard InChI is InChI=1S/C20H18N4O4S2/c1-2-28-20(27)13-6-3-4-7-14(13)21-17(25)12-30-18-10-9-16(23-24-18)22-19(26)15-8-5-11-29-15/h3-11H,2,12H2,1H3,(H,21,25)(H,22,23,26). The van der Waals surface area contributed by atoms with Crippen LogP contribution in [0.25, 0.3) is 0 Å². The summed E-state index contributed by atoms with van der Waals surface area (Å²) in [4.78, 5) is 36.8. The summed E-state index contributed by atoms with van der Waals surface area (Å²) in [7, 11) is 0. The molecule has 0 aliphatic heterocycles. The van der Waals surface area contributed by atoms with E-state index in [0.29, 0.717) is 27.0 Å². The Morgan fingerprint density at radius 2 is 1.87 bits per heavy atom. The molecule has 3 aromatic rings. The molecule has 0 aliphatic carbocycles. The Morgan fingerprint density at radius 1 is 1.03 bits per heavy atom. The highest BCUT2D eigenvalue weighted by Crippen LogP contribution is 2.19. The van der Waals surface area contributed by atoms with E-state index in [0.717, 1.165) is 0 Å². The zero-order valence-electron chi connectivity index (χ0n) is 16.0. The predicted octanol–water partition coefficient (Wildman–Crippen LogP) is 3.70. The SMILES string of the molecule is CCOC(=O)c1ccccc1NC(=O)CSc1ccc(NC(=O)c2cccs2)nn1. The molecular weight excluding hydrogens is 424 g/mol. The second kappa shape index (κ2) is 10.5. The number of nitrogens with one attached hydrogen (secondary N) is 2. The van der Waals surface area contributed by atoms with Crippen molar-refractivity contribution in [1.82, 2.24) is 10.2 Å². The second-order valence-corrected chi connectivity index (χ2v) is 7.73. The van der Waals surface area contributed by atoms with Gasteiger partial charge in [0, 0.05) is 0 Å². The Morgan fingerprint density at radius 3 is 2.57 bits per heavy atom. The van der Waals surface area contributed by atoms with E-state index in [1.807, 2.05) is 5.38 Å². The molecule has 0 unspecified atom stereocenters. The number of thiophene rings is 1. The number of ether oxygens (including phenoxy) is 1. The Bertz CT molecular complexity index is 1020. The molecule has 0 fully saturated rings. The van der Waals surface area contributed by atoms with Crippen molar-refractivity contribution >= 4 is 52.4 Å². The molecule has 154 valence electrons. The highest BCUT2D eigenvalue weighted by molar-refractivity contribution is 7.99. The summed E-state index contributed by atoms with van der Waals surface area (Å²) < 4.78 is 5.00. The molecule has 2 N–H and O–H groups in total. The van der Waals surface area contributed by atoms with E-state index in [9.17, 15) is 14.4 Å². The normalized spacial score (nSPS) is 10.3. The molecule has 0 saturated heterocycles. The average molecular weight is 443 g/mol. The maximum absolute atomic E-state index is 12.3. The highest BCUT2D eigenvalue weighted by Gasteiger charge is 2.14. The number of anilines is 2. The van der Waals surface area contributed by atoms with E-state index in [4.69, 9.17) is 4.74 Å². The highest BCUT2D eigenvalue weighted by atomic mass is 32.2. The first kappa shape index (κ1) is 21.5. The summed E-state index contributed by atoms with van der Waals surface area (Å²) in [5.74, 6) is -0.641. The maximum Gasteiger partial charge on any atom is 0.340 e. The van der Waals surface area contributed by atoms with Crippen LogP contribution in [0, 0.1) is 0 Å². The van der Waals surface area contributed by atoms with Crippen LogP contribution in [0.5, 0.6) is 0 Å². The summed E-state index contributed by atoms with van der Waals surface area (Å²) >= 11 is 2.52. The van der Waals surface area contributed by atoms with Crippen molar-refractivity contribution in [3.05, 3.63) is 64.4 Å². The monoisotopic (exact) mass is 442 g/mol. The first-order valence-electron chi connectivity index (χ1n) is 8.94. The lowest BCUT2D eigenvalue weighted by molar-refractivity contribution is -0.113. The fourth-order valence-corrected chi connectivity index (χ4v) is 3.59. The van der Waals surface area contributed by atoms with E-state index < -0.39 is 5.97 Å². The Balaban J connectivity index is 1.53. The molecule has 2 aromatic heterocycles. The number of esters is 1. The molecular formula is C20H18N4O4S2. The van der Waals surface area contributed by atoms with Crippen LogP contribution < -0.4 is 10.6 Å². The lowest BCUT2D eigenvalue weighted by Crippen LogP contribution is -2.17. The summed E-state index contributed by atoms with van der Waals surface area (Å²) in [5.41, 5.74) is 0.683. The second-order valence-electron chi connectivity index (χ2n) is 5.79. The lowest BCUT2D eigenvalue weighted by Gasteiger charge is -2.10. The number of carbonyl (C=O) groups excluding carboxylic acids is 3. The Labute approximate surface area is 181 Å². The van der Waals surface area contributed by atoms with E-state index in [1.165, 1.54) is 23.1 Å². The molecule has 0 saturated carbocycles. The van der Waals surface area contributed by atoms with Crippen LogP contribution in [-0.4, -0.2) is 40.3 Å². The van der Waals surface area contributed by atoms with Crippen LogP contribution >= 0.6 is 23.1 Å². The summed E-state index contributed by atoms with van der Waals surface area (Å²) in [5, 5.41) is 15.7. The van der Waals surface area contributed by atoms with Gasteiger partial charge in [-0.2, -0.15) is 0 Å². The lowest BCUT2D eigenvalue weighted by atomic mass is 10.2. The van der Waals surface area contributed by atoms with Crippen LogP contribution in [-0.2, 0) is 9.53 Å². The van der Waals surface area contributed by atoms with Gasteiger partial charge in [0.2, 0.25) is 5.91 Å². The predicted molar refractivity (Wildman–Crippen MR) is 116 cm³/mol. The number of aromatic nitrogens is 2. The smallest absolute Gasteiger partial charge is 0.340 e. The van der Waals surface area contributed by atoms with Gasteiger partial charge in [0.05, 0.1) is 28.5 Å². The van der Waals surface area contributed by atoms with Gasteiger partial charge in [-0.05, 0) is 42.6 Å². The van der Waals surface area contributed by atoms with Crippen LogP contribution in [0.15, 0.2) is 58.9 Å². The van der Waals surface area contributed by atoms with Crippen molar-refractivity contribution in [3.63, 3.8) is 0 Å². The fraction of sp³-hybridized carbons (Fsp3) is 0.150. The molecule has 8 nitrogen and oxygen atoms in total. The molecule has 0 atom stereocenters. The molecule has 1 aromatic carbocycles. The first-order valence-corrected chi connectivity index (χ1v) is 10.8. The number of hydrogen-bond acceptors (Lipinski definition) is 8. The molecule has 0 radical (unpaired) electrons. The van der Waals surface area contributed by atoms with E-state index >= 15 is 0 Å². The van der Waals surface area contributed by atoms with Crippen molar-refractivity contribution in [3.8, 4) is 0 Å². The number of thioether (sulfide) groups is 1. The zero-order valence-corrected chi connectivity index (χ0v) is 17.6. The molecule has 2 amide bonds. The van der Waals surface area contributed by atoms with Crippen molar-refractivity contribution < 1.29 is 19.1 Å². The van der Waals surface area contributed by atoms with Crippen molar-refractivity contribution in [1.29, 1.82) is 0 Å². The summed E-state index contributed by atoms with van der Waals surface area (Å²) in [6.07, 6.45) is 0. The fourth-order valence-electron chi connectivity index (χ4n) is 2.35. The van der Waals surface area contributed by atoms with Crippen LogP contribution in [0.4, 0.5) is 11.5 Å². The van der Waals surface area contributed by atoms with Crippen molar-refractivity contribution in [2.75, 3.05) is 23.0 Å². The van der Waals surface area contributed by atoms with E-state index in [1.54, 1.807) is 55.5 Å². The number of para-hydroxylation sites is 1. The van der Waals surface area contributed by atoms with Gasteiger partial charge >= 0.3 is 5.97 Å². The molecule has 30 heavy (non-hydrogen) atoms. The van der Waals surface area contributed by atoms with Gasteiger partial charge < -0.3 is 15.4 Å². The maximum atomic E-state index is 12.3. The summed E-state index contributed by atoms with van der Waals surface area (Å²) in [6, 6.07) is 13.5. The van der Waals surface area contributed by atoms with Gasteiger partial charge in [0.15, 0.2) is 5.82 Å². The van der Waals surface area contributed by atoms with Gasteiger partial charge in [-0.3, -0.25) is 9.59 Å². The van der Waals surface area contributed by atoms with Crippen LogP contribution in [0.3, 0.4) is 0 Å². The number of hydrogen-bond donors (Lipinski definition) is 2. The van der Waals surface area contributed by atoms with Crippen molar-refractivity contribution in [2.24, 2.45) is 0 Å². The minimum Gasteiger partial charge on any atom is -0.462 e. The third-order valence-electron chi connectivity index (χ3n) is 3.67. The Hall–Kier alpha value is -3.24. The number of carbonyl (C=O) groups is 3. The number of benzene rings is 1. The average Bonchev–Trinajstić information content (AvgIpc) is 3.29. The van der Waals surface area contributed by atoms with E-state index in [2.05, 4.69) is 20.8 Å². The van der Waals surface area contributed by atoms with Gasteiger partial charge in [-0.25, -0.2) is 4.79 Å². The Kier molecular flexibility index (Phi) is 7.52. The molecule has 0 spiro atoms. The molecule has 2 heterocycles. The van der Waals surface area contributed by atoms with Gasteiger partial charge in [-0.15, -0.1) is 21.5 Å². The van der Waals surface area contributed by atoms with Crippen LogP contribution in [0.1, 0.15) is 27.0 Å². The van der Waals surface area contributed by atoms with Gasteiger partial charge in [-0.1, -0.05) is 30.0 Å². The van der Waals surface area contributed by atoms with Crippen LogP contribution in [0.2, 0.25) is 0 Å². The summed E-state index contributed by atoms with van der Waals surface area (Å²) in [6.45, 7) is 1.97. The molecule has 10 heteroatoms. The van der Waals surface area contributed by atoms with Gasteiger partial charge in [0.1, 0.15) is 5.03 Å². The minimum atomic E-state index is -0.493. The quantitative estimate of drug-likeness (QED) is 0.404. The first-order chi connectivity index (χ1) is 14.6. The largest absolute Gasteiger partial charge is 0.462 e. The van der Waals surface area contributed by atoms with Crippen molar-refractivity contribution in [2.45, 2.75) is 11.9 Å². The number of nitrogens with zero attached hydrogens (tertiary/aromatic N) is 2. The number of rotatable bonds is 8. The molecule has 0 bridgehead atoms.